The highest BCUT2D eigenvalue weighted by molar-refractivity contribution is 6.03. The minimum Gasteiger partial charge on any atom is -0.497 e. The number of ether oxygens (including phenoxy) is 1. The maximum Gasteiger partial charge on any atom is 0.161 e. The number of hydrogen-bond acceptors (Lipinski definition) is 4. The van der Waals surface area contributed by atoms with Crippen LogP contribution in [-0.4, -0.2) is 18.6 Å². The first kappa shape index (κ1) is 16.4. The second kappa shape index (κ2) is 5.90. The van der Waals surface area contributed by atoms with Crippen LogP contribution in [-0.2, 0) is 4.79 Å². The van der Waals surface area contributed by atoms with Gasteiger partial charge in [0, 0.05) is 29.3 Å². The van der Waals surface area contributed by atoms with Crippen molar-refractivity contribution >= 4 is 11.5 Å². The fourth-order valence-electron chi connectivity index (χ4n) is 3.81. The number of carbonyl (C=O) groups excluding carboxylic acids is 1. The molecule has 1 aliphatic heterocycles. The van der Waals surface area contributed by atoms with Crippen molar-refractivity contribution in [3.8, 4) is 11.8 Å². The Morgan fingerprint density at radius 3 is 2.75 bits per heavy atom. The Bertz CT molecular complexity index is 796. The number of benzene rings is 1. The molecule has 0 bridgehead atoms. The lowest BCUT2D eigenvalue weighted by atomic mass is 9.67. The quantitative estimate of drug-likeness (QED) is 0.825. The van der Waals surface area contributed by atoms with Crippen LogP contribution in [0.4, 0.5) is 0 Å². The van der Waals surface area contributed by atoms with Crippen LogP contribution in [0.3, 0.4) is 0 Å². The van der Waals surface area contributed by atoms with Gasteiger partial charge in [-0.05, 0) is 36.5 Å². The van der Waals surface area contributed by atoms with Gasteiger partial charge in [-0.1, -0.05) is 26.0 Å². The molecule has 1 aliphatic carbocycles. The third-order valence-electron chi connectivity index (χ3n) is 4.89. The van der Waals surface area contributed by atoms with Gasteiger partial charge in [0.15, 0.2) is 5.78 Å². The summed E-state index contributed by atoms with van der Waals surface area (Å²) in [6, 6.07) is 10.0. The van der Waals surface area contributed by atoms with E-state index < -0.39 is 5.92 Å². The summed E-state index contributed by atoms with van der Waals surface area (Å²) >= 11 is 0. The standard InChI is InChI=1S/C20H22N2O2/c1-12-15(11-21)18(13-6-5-7-14(8-13)24-4)19-16(22-12)9-20(2,3)10-17(19)23/h5-8,15,18H,9-10H2,1-4H3/t15?,18-/m0/s1. The Kier molecular flexibility index (Phi) is 4.04. The summed E-state index contributed by atoms with van der Waals surface area (Å²) in [5.74, 6) is 0.169. The fourth-order valence-corrected chi connectivity index (χ4v) is 3.81. The van der Waals surface area contributed by atoms with Crippen molar-refractivity contribution in [3.05, 3.63) is 41.1 Å². The lowest BCUT2D eigenvalue weighted by molar-refractivity contribution is -0.118. The van der Waals surface area contributed by atoms with Gasteiger partial charge in [0.2, 0.25) is 0 Å². The zero-order valence-electron chi connectivity index (χ0n) is 14.6. The molecular weight excluding hydrogens is 300 g/mol. The van der Waals surface area contributed by atoms with Crippen LogP contribution in [0.15, 0.2) is 40.5 Å². The maximum atomic E-state index is 12.9. The third-order valence-corrected chi connectivity index (χ3v) is 4.89. The minimum absolute atomic E-state index is 0.0852. The van der Waals surface area contributed by atoms with Gasteiger partial charge in [0.25, 0.3) is 0 Å². The molecule has 4 nitrogen and oxygen atoms in total. The van der Waals surface area contributed by atoms with Crippen molar-refractivity contribution in [1.29, 1.82) is 5.26 Å². The van der Waals surface area contributed by atoms with Crippen molar-refractivity contribution in [2.24, 2.45) is 16.3 Å². The molecule has 124 valence electrons. The smallest absolute Gasteiger partial charge is 0.161 e. The SMILES string of the molecule is COc1cccc([C@@H]2C3=C(CC(C)(C)CC3=O)N=C(C)C2C#N)c1. The van der Waals surface area contributed by atoms with Gasteiger partial charge in [0.1, 0.15) is 5.75 Å². The molecule has 0 radical (unpaired) electrons. The summed E-state index contributed by atoms with van der Waals surface area (Å²) in [5.41, 5.74) is 3.22. The lowest BCUT2D eigenvalue weighted by Crippen LogP contribution is -2.35. The lowest BCUT2D eigenvalue weighted by Gasteiger charge is -2.37. The molecule has 3 rings (SSSR count). The van der Waals surface area contributed by atoms with Crippen LogP contribution in [0.25, 0.3) is 0 Å². The number of aliphatic imine (C=N–C) groups is 1. The molecule has 0 fully saturated rings. The highest BCUT2D eigenvalue weighted by Crippen LogP contribution is 2.47. The van der Waals surface area contributed by atoms with Crippen LogP contribution >= 0.6 is 0 Å². The molecule has 2 aliphatic rings. The predicted octanol–water partition coefficient (Wildman–Crippen LogP) is 4.04. The highest BCUT2D eigenvalue weighted by Gasteiger charge is 2.43. The van der Waals surface area contributed by atoms with Crippen molar-refractivity contribution in [2.45, 2.75) is 39.5 Å². The largest absolute Gasteiger partial charge is 0.497 e. The normalized spacial score (nSPS) is 25.6. The summed E-state index contributed by atoms with van der Waals surface area (Å²) in [6.45, 7) is 6.07. The Balaban J connectivity index is 2.18. The van der Waals surface area contributed by atoms with E-state index in [1.54, 1.807) is 7.11 Å². The van der Waals surface area contributed by atoms with Crippen LogP contribution in [0.5, 0.6) is 5.75 Å². The first-order valence-corrected chi connectivity index (χ1v) is 8.21. The number of nitrogens with zero attached hydrogens (tertiary/aromatic N) is 2. The molecule has 1 aromatic rings. The second-order valence-corrected chi connectivity index (χ2v) is 7.42. The number of hydrogen-bond donors (Lipinski definition) is 0. The number of nitriles is 1. The van der Waals surface area contributed by atoms with Crippen LogP contribution in [0.1, 0.15) is 45.1 Å². The maximum absolute atomic E-state index is 12.9. The van der Waals surface area contributed by atoms with E-state index in [4.69, 9.17) is 4.74 Å². The number of Topliss-reactive ketones (excluding diaryl/α,β-unsaturated/α-hetero) is 1. The molecule has 0 N–H and O–H groups in total. The molecule has 0 saturated carbocycles. The van der Waals surface area contributed by atoms with Gasteiger partial charge in [-0.2, -0.15) is 5.26 Å². The average molecular weight is 322 g/mol. The molecule has 0 saturated heterocycles. The van der Waals surface area contributed by atoms with E-state index in [0.717, 1.165) is 34.7 Å². The molecule has 0 spiro atoms. The van der Waals surface area contributed by atoms with E-state index >= 15 is 0 Å². The summed E-state index contributed by atoms with van der Waals surface area (Å²) < 4.78 is 5.32. The molecule has 1 aromatic carbocycles. The van der Waals surface area contributed by atoms with Crippen LogP contribution in [0, 0.1) is 22.7 Å². The van der Waals surface area contributed by atoms with Gasteiger partial charge < -0.3 is 4.74 Å². The Labute approximate surface area is 142 Å². The predicted molar refractivity (Wildman–Crippen MR) is 93.0 cm³/mol. The van der Waals surface area contributed by atoms with Gasteiger partial charge in [-0.25, -0.2) is 0 Å². The number of carbonyl (C=O) groups is 1. The zero-order valence-corrected chi connectivity index (χ0v) is 14.6. The van der Waals surface area contributed by atoms with E-state index in [1.165, 1.54) is 0 Å². The molecule has 1 heterocycles. The van der Waals surface area contributed by atoms with Crippen molar-refractivity contribution in [3.63, 3.8) is 0 Å². The molecule has 1 unspecified atom stereocenters. The van der Waals surface area contributed by atoms with Crippen molar-refractivity contribution < 1.29 is 9.53 Å². The van der Waals surface area contributed by atoms with Gasteiger partial charge in [-0.15, -0.1) is 0 Å². The molecule has 0 aromatic heterocycles. The number of rotatable bonds is 2. The van der Waals surface area contributed by atoms with E-state index in [2.05, 4.69) is 24.9 Å². The zero-order chi connectivity index (χ0) is 17.5. The molecule has 0 amide bonds. The van der Waals surface area contributed by atoms with Crippen LogP contribution in [0.2, 0.25) is 0 Å². The molecule has 2 atom stereocenters. The second-order valence-electron chi connectivity index (χ2n) is 7.42. The van der Waals surface area contributed by atoms with Gasteiger partial charge in [0.05, 0.1) is 19.1 Å². The summed E-state index contributed by atoms with van der Waals surface area (Å²) in [4.78, 5) is 17.5. The average Bonchev–Trinajstić information content (AvgIpc) is 2.52. The molecule has 24 heavy (non-hydrogen) atoms. The van der Waals surface area contributed by atoms with Crippen molar-refractivity contribution in [1.82, 2.24) is 0 Å². The van der Waals surface area contributed by atoms with Gasteiger partial charge >= 0.3 is 0 Å². The van der Waals surface area contributed by atoms with Gasteiger partial charge in [-0.3, -0.25) is 9.79 Å². The fraction of sp³-hybridized carbons (Fsp3) is 0.450. The minimum atomic E-state index is -0.416. The Morgan fingerprint density at radius 2 is 2.08 bits per heavy atom. The molecule has 4 heteroatoms. The number of methoxy groups -OCH3 is 1. The summed E-state index contributed by atoms with van der Waals surface area (Å²) in [7, 11) is 1.62. The van der Waals surface area contributed by atoms with E-state index in [1.807, 2.05) is 31.2 Å². The van der Waals surface area contributed by atoms with E-state index in [0.29, 0.717) is 6.42 Å². The number of ketones is 1. The van der Waals surface area contributed by atoms with Crippen LogP contribution < -0.4 is 4.74 Å². The van der Waals surface area contributed by atoms with E-state index in [-0.39, 0.29) is 17.1 Å². The molecular formula is C20H22N2O2. The Hall–Kier alpha value is -2.41. The number of allylic oxidation sites excluding steroid dienone is 2. The van der Waals surface area contributed by atoms with Crippen molar-refractivity contribution in [2.75, 3.05) is 7.11 Å². The third kappa shape index (κ3) is 2.75. The Morgan fingerprint density at radius 1 is 1.33 bits per heavy atom. The first-order chi connectivity index (χ1) is 11.4. The summed E-state index contributed by atoms with van der Waals surface area (Å²) in [5, 5.41) is 9.70. The monoisotopic (exact) mass is 322 g/mol. The summed E-state index contributed by atoms with van der Waals surface area (Å²) in [6.07, 6.45) is 1.27. The topological polar surface area (TPSA) is 62.4 Å². The van der Waals surface area contributed by atoms with E-state index in [9.17, 15) is 10.1 Å². The highest BCUT2D eigenvalue weighted by atomic mass is 16.5. The first-order valence-electron chi connectivity index (χ1n) is 8.21.